The van der Waals surface area contributed by atoms with Gasteiger partial charge in [0, 0.05) is 32.9 Å². The Morgan fingerprint density at radius 1 is 0.349 bits per heavy atom. The molecule has 0 fully saturated rings. The summed E-state index contributed by atoms with van der Waals surface area (Å²) >= 11 is 0. The van der Waals surface area contributed by atoms with Crippen LogP contribution in [0, 0.1) is 6.92 Å². The van der Waals surface area contributed by atoms with Gasteiger partial charge in [-0.05, 0) is 89.5 Å². The number of rotatable bonds is 3. The molecule has 0 spiro atoms. The van der Waals surface area contributed by atoms with Crippen LogP contribution in [-0.2, 0) is 0 Å². The first kappa shape index (κ1) is 24.0. The van der Waals surface area contributed by atoms with Crippen LogP contribution in [0.2, 0.25) is 0 Å². The Hall–Kier alpha value is -5.60. The second-order valence-electron chi connectivity index (χ2n) is 11.5. The van der Waals surface area contributed by atoms with Gasteiger partial charge in [-0.1, -0.05) is 96.6 Å². The van der Waals surface area contributed by atoms with Gasteiger partial charge in [0.05, 0.1) is 22.1 Å². The lowest BCUT2D eigenvalue weighted by atomic mass is 10.0. The standard InChI is InChI=1S/C41H28N2/c1-27-14-19-32(20-15-27)42-38-12-6-4-10-34(38)36-25-30(17-22-40(36)42)31-18-23-41-37(26-31)35-11-5-7-13-39(35)43(41)33-21-16-28-8-2-3-9-29(28)24-33/h2-26H,1H3. The molecule has 2 nitrogen and oxygen atoms in total. The van der Waals surface area contributed by atoms with Crippen LogP contribution in [0.4, 0.5) is 0 Å². The topological polar surface area (TPSA) is 9.86 Å². The van der Waals surface area contributed by atoms with E-state index < -0.39 is 0 Å². The summed E-state index contributed by atoms with van der Waals surface area (Å²) in [6.07, 6.45) is 0. The molecule has 0 atom stereocenters. The van der Waals surface area contributed by atoms with E-state index in [1.165, 1.54) is 82.4 Å². The molecule has 43 heavy (non-hydrogen) atoms. The molecule has 0 amide bonds. The highest BCUT2D eigenvalue weighted by molar-refractivity contribution is 6.12. The summed E-state index contributed by atoms with van der Waals surface area (Å²) in [5, 5.41) is 7.59. The second kappa shape index (κ2) is 9.20. The molecule has 0 radical (unpaired) electrons. The second-order valence-corrected chi connectivity index (χ2v) is 11.5. The van der Waals surface area contributed by atoms with Gasteiger partial charge >= 0.3 is 0 Å². The van der Waals surface area contributed by atoms with Crippen LogP contribution in [0.1, 0.15) is 5.56 Å². The average molecular weight is 549 g/mol. The minimum absolute atomic E-state index is 1.18. The minimum atomic E-state index is 1.18. The highest BCUT2D eigenvalue weighted by Gasteiger charge is 2.16. The number of nitrogens with zero attached hydrogens (tertiary/aromatic N) is 2. The summed E-state index contributed by atoms with van der Waals surface area (Å²) in [6.45, 7) is 2.14. The van der Waals surface area contributed by atoms with Gasteiger partial charge in [-0.2, -0.15) is 0 Å². The fourth-order valence-corrected chi connectivity index (χ4v) is 6.87. The Morgan fingerprint density at radius 3 is 1.47 bits per heavy atom. The third-order valence-corrected chi connectivity index (χ3v) is 8.96. The van der Waals surface area contributed by atoms with E-state index in [4.69, 9.17) is 0 Å². The largest absolute Gasteiger partial charge is 0.309 e. The maximum absolute atomic E-state index is 2.40. The number of aryl methyl sites for hydroxylation is 1. The zero-order valence-corrected chi connectivity index (χ0v) is 23.8. The molecule has 2 heterocycles. The molecular formula is C41H28N2. The third-order valence-electron chi connectivity index (χ3n) is 8.96. The van der Waals surface area contributed by atoms with E-state index in [1.807, 2.05) is 0 Å². The summed E-state index contributed by atoms with van der Waals surface area (Å²) in [5.41, 5.74) is 11.0. The molecule has 7 aromatic carbocycles. The van der Waals surface area contributed by atoms with Crippen LogP contribution in [0.3, 0.4) is 0 Å². The lowest BCUT2D eigenvalue weighted by molar-refractivity contribution is 1.17. The molecule has 0 unspecified atom stereocenters. The lowest BCUT2D eigenvalue weighted by Gasteiger charge is -2.10. The Bertz CT molecular complexity index is 2510. The first-order chi connectivity index (χ1) is 21.2. The van der Waals surface area contributed by atoms with Crippen molar-refractivity contribution in [3.63, 3.8) is 0 Å². The van der Waals surface area contributed by atoms with Crippen molar-refractivity contribution < 1.29 is 0 Å². The Kier molecular flexibility index (Phi) is 5.15. The molecule has 2 aromatic heterocycles. The van der Waals surface area contributed by atoms with E-state index in [-0.39, 0.29) is 0 Å². The van der Waals surface area contributed by atoms with Crippen molar-refractivity contribution >= 4 is 54.4 Å². The van der Waals surface area contributed by atoms with Gasteiger partial charge in [0.15, 0.2) is 0 Å². The Balaban J connectivity index is 1.25. The van der Waals surface area contributed by atoms with Crippen LogP contribution in [-0.4, -0.2) is 9.13 Å². The SMILES string of the molecule is Cc1ccc(-n2c3ccccc3c3cc(-c4ccc5c(c4)c4ccccc4n5-c4ccc5ccccc5c4)ccc32)cc1. The highest BCUT2D eigenvalue weighted by Crippen LogP contribution is 2.38. The van der Waals surface area contributed by atoms with Gasteiger partial charge in [-0.25, -0.2) is 0 Å². The van der Waals surface area contributed by atoms with Crippen molar-refractivity contribution in [2.75, 3.05) is 0 Å². The minimum Gasteiger partial charge on any atom is -0.309 e. The van der Waals surface area contributed by atoms with Crippen LogP contribution in [0.25, 0.3) is 76.9 Å². The van der Waals surface area contributed by atoms with Gasteiger partial charge in [0.25, 0.3) is 0 Å². The summed E-state index contributed by atoms with van der Waals surface area (Å²) in [6, 6.07) is 55.5. The number of aromatic nitrogens is 2. The van der Waals surface area contributed by atoms with Crippen molar-refractivity contribution in [3.8, 4) is 22.5 Å². The smallest absolute Gasteiger partial charge is 0.0541 e. The van der Waals surface area contributed by atoms with E-state index >= 15 is 0 Å². The predicted octanol–water partition coefficient (Wildman–Crippen LogP) is 11.0. The molecule has 0 aliphatic carbocycles. The van der Waals surface area contributed by atoms with E-state index in [2.05, 4.69) is 168 Å². The zero-order chi connectivity index (χ0) is 28.5. The van der Waals surface area contributed by atoms with Crippen molar-refractivity contribution in [1.82, 2.24) is 9.13 Å². The van der Waals surface area contributed by atoms with Crippen LogP contribution in [0.15, 0.2) is 152 Å². The van der Waals surface area contributed by atoms with Crippen molar-refractivity contribution in [1.29, 1.82) is 0 Å². The molecule has 0 saturated heterocycles. The van der Waals surface area contributed by atoms with E-state index in [9.17, 15) is 0 Å². The fraction of sp³-hybridized carbons (Fsp3) is 0.0244. The molecule has 0 N–H and O–H groups in total. The summed E-state index contributed by atoms with van der Waals surface area (Å²) in [4.78, 5) is 0. The van der Waals surface area contributed by atoms with Crippen molar-refractivity contribution in [3.05, 3.63) is 157 Å². The van der Waals surface area contributed by atoms with E-state index in [0.29, 0.717) is 0 Å². The van der Waals surface area contributed by atoms with E-state index in [0.717, 1.165) is 0 Å². The number of hydrogen-bond donors (Lipinski definition) is 0. The first-order valence-electron chi connectivity index (χ1n) is 14.9. The molecule has 0 aliphatic heterocycles. The summed E-state index contributed by atoms with van der Waals surface area (Å²) in [5.74, 6) is 0. The predicted molar refractivity (Wildman–Crippen MR) is 183 cm³/mol. The van der Waals surface area contributed by atoms with E-state index in [1.54, 1.807) is 0 Å². The number of benzene rings is 7. The molecule has 0 aliphatic rings. The highest BCUT2D eigenvalue weighted by atomic mass is 15.0. The normalized spacial score (nSPS) is 11.8. The average Bonchev–Trinajstić information content (AvgIpc) is 3.57. The van der Waals surface area contributed by atoms with Crippen molar-refractivity contribution in [2.24, 2.45) is 0 Å². The molecule has 0 bridgehead atoms. The molecule has 9 aromatic rings. The summed E-state index contributed by atoms with van der Waals surface area (Å²) in [7, 11) is 0. The quantitative estimate of drug-likeness (QED) is 0.208. The molecule has 202 valence electrons. The van der Waals surface area contributed by atoms with Gasteiger partial charge < -0.3 is 9.13 Å². The molecule has 9 rings (SSSR count). The van der Waals surface area contributed by atoms with Gasteiger partial charge in [0.2, 0.25) is 0 Å². The van der Waals surface area contributed by atoms with Gasteiger partial charge in [-0.15, -0.1) is 0 Å². The van der Waals surface area contributed by atoms with Crippen LogP contribution in [0.5, 0.6) is 0 Å². The van der Waals surface area contributed by atoms with Crippen molar-refractivity contribution in [2.45, 2.75) is 6.92 Å². The first-order valence-corrected chi connectivity index (χ1v) is 14.9. The van der Waals surface area contributed by atoms with Crippen LogP contribution < -0.4 is 0 Å². The zero-order valence-electron chi connectivity index (χ0n) is 23.8. The fourth-order valence-electron chi connectivity index (χ4n) is 6.87. The van der Waals surface area contributed by atoms with Gasteiger partial charge in [0.1, 0.15) is 0 Å². The molecule has 0 saturated carbocycles. The third kappa shape index (κ3) is 3.67. The summed E-state index contributed by atoms with van der Waals surface area (Å²) < 4.78 is 4.79. The Labute approximate surface area is 249 Å². The monoisotopic (exact) mass is 548 g/mol. The lowest BCUT2D eigenvalue weighted by Crippen LogP contribution is -1.94. The number of hydrogen-bond acceptors (Lipinski definition) is 0. The van der Waals surface area contributed by atoms with Gasteiger partial charge in [-0.3, -0.25) is 0 Å². The molecule has 2 heteroatoms. The maximum atomic E-state index is 2.40. The maximum Gasteiger partial charge on any atom is 0.0541 e. The Morgan fingerprint density at radius 2 is 0.837 bits per heavy atom. The number of fused-ring (bicyclic) bond motifs is 7. The van der Waals surface area contributed by atoms with Crippen LogP contribution >= 0.6 is 0 Å². The number of para-hydroxylation sites is 2. The molecular weight excluding hydrogens is 520 g/mol.